The number of H-pyrrole nitrogens is 1. The highest BCUT2D eigenvalue weighted by molar-refractivity contribution is 7.99. The number of benzene rings is 2. The summed E-state index contributed by atoms with van der Waals surface area (Å²) >= 11 is 1.38. The van der Waals surface area contributed by atoms with E-state index in [2.05, 4.69) is 4.98 Å². The minimum absolute atomic E-state index is 0.0410. The molecule has 7 heteroatoms. The van der Waals surface area contributed by atoms with E-state index in [1.54, 1.807) is 0 Å². The van der Waals surface area contributed by atoms with E-state index in [0.717, 1.165) is 33.3 Å². The molecule has 5 aromatic rings. The molecule has 0 atom stereocenters. The highest BCUT2D eigenvalue weighted by Crippen LogP contribution is 2.29. The first-order valence-corrected chi connectivity index (χ1v) is 11.0. The summed E-state index contributed by atoms with van der Waals surface area (Å²) in [6.45, 7) is 5.15. The largest absolute Gasteiger partial charge is 0.355 e. The van der Waals surface area contributed by atoms with Crippen LogP contribution in [-0.4, -0.2) is 36.7 Å². The lowest BCUT2D eigenvalue weighted by Crippen LogP contribution is -2.07. The molecule has 0 saturated heterocycles. The molecule has 0 aliphatic rings. The zero-order chi connectivity index (χ0) is 21.7. The van der Waals surface area contributed by atoms with Gasteiger partial charge in [-0.15, -0.1) is 0 Å². The number of thioether (sulfide) groups is 1. The van der Waals surface area contributed by atoms with Crippen molar-refractivity contribution in [1.29, 1.82) is 0 Å². The maximum atomic E-state index is 13.0. The number of nitrogens with one attached hydrogen (secondary N) is 1. The SMILES string of the molecule is CC(=O)c1c(C)[nH]c(C(=O)CSc2nc3ccccc3c3nc4ccccc4n23)c1C. The number of aromatic amines is 1. The first-order chi connectivity index (χ1) is 15.0. The number of rotatable bonds is 5. The predicted molar refractivity (Wildman–Crippen MR) is 123 cm³/mol. The molecule has 6 nitrogen and oxygen atoms in total. The van der Waals surface area contributed by atoms with Crippen LogP contribution in [-0.2, 0) is 0 Å². The van der Waals surface area contributed by atoms with Crippen LogP contribution in [0.25, 0.3) is 27.6 Å². The molecule has 0 aliphatic carbocycles. The first-order valence-electron chi connectivity index (χ1n) is 9.97. The Morgan fingerprint density at radius 2 is 1.71 bits per heavy atom. The monoisotopic (exact) mass is 428 g/mol. The van der Waals surface area contributed by atoms with Crippen LogP contribution in [0.3, 0.4) is 0 Å². The van der Waals surface area contributed by atoms with Crippen molar-refractivity contribution in [2.24, 2.45) is 0 Å². The molecule has 0 radical (unpaired) electrons. The van der Waals surface area contributed by atoms with Crippen molar-refractivity contribution in [3.05, 3.63) is 71.0 Å². The number of aromatic nitrogens is 4. The van der Waals surface area contributed by atoms with Crippen LogP contribution in [0.2, 0.25) is 0 Å². The molecule has 3 aromatic heterocycles. The summed E-state index contributed by atoms with van der Waals surface area (Å²) in [6, 6.07) is 15.8. The maximum absolute atomic E-state index is 13.0. The summed E-state index contributed by atoms with van der Waals surface area (Å²) < 4.78 is 2.02. The average molecular weight is 429 g/mol. The van der Waals surface area contributed by atoms with Crippen LogP contribution in [0, 0.1) is 13.8 Å². The fraction of sp³-hybridized carbons (Fsp3) is 0.167. The van der Waals surface area contributed by atoms with Gasteiger partial charge in [-0.2, -0.15) is 0 Å². The first kappa shape index (κ1) is 19.5. The Hall–Kier alpha value is -3.45. The van der Waals surface area contributed by atoms with Gasteiger partial charge < -0.3 is 4.98 Å². The zero-order valence-electron chi connectivity index (χ0n) is 17.4. The third-order valence-electron chi connectivity index (χ3n) is 5.51. The molecule has 0 spiro atoms. The number of hydrogen-bond donors (Lipinski definition) is 1. The van der Waals surface area contributed by atoms with Crippen molar-refractivity contribution in [1.82, 2.24) is 19.4 Å². The number of aryl methyl sites for hydroxylation is 1. The highest BCUT2D eigenvalue weighted by Gasteiger charge is 2.21. The zero-order valence-corrected chi connectivity index (χ0v) is 18.2. The molecule has 0 unspecified atom stereocenters. The lowest BCUT2D eigenvalue weighted by molar-refractivity contribution is 0.101. The van der Waals surface area contributed by atoms with Gasteiger partial charge in [-0.25, -0.2) is 9.97 Å². The second-order valence-corrected chi connectivity index (χ2v) is 8.51. The molecule has 0 bridgehead atoms. The molecule has 0 aliphatic heterocycles. The molecule has 3 heterocycles. The van der Waals surface area contributed by atoms with Gasteiger partial charge in [-0.1, -0.05) is 36.0 Å². The highest BCUT2D eigenvalue weighted by atomic mass is 32.2. The van der Waals surface area contributed by atoms with E-state index < -0.39 is 0 Å². The fourth-order valence-electron chi connectivity index (χ4n) is 4.17. The Morgan fingerprint density at radius 3 is 2.45 bits per heavy atom. The molecular formula is C24H20N4O2S. The molecular weight excluding hydrogens is 408 g/mol. The number of hydrogen-bond acceptors (Lipinski definition) is 5. The van der Waals surface area contributed by atoms with Crippen LogP contribution in [0.5, 0.6) is 0 Å². The number of ketones is 2. The van der Waals surface area contributed by atoms with Crippen LogP contribution in [0.15, 0.2) is 53.7 Å². The van der Waals surface area contributed by atoms with Crippen LogP contribution in [0.4, 0.5) is 0 Å². The third-order valence-corrected chi connectivity index (χ3v) is 6.45. The van der Waals surface area contributed by atoms with Gasteiger partial charge in [-0.3, -0.25) is 14.0 Å². The van der Waals surface area contributed by atoms with Gasteiger partial charge in [-0.05, 0) is 50.6 Å². The molecule has 31 heavy (non-hydrogen) atoms. The van der Waals surface area contributed by atoms with E-state index in [1.165, 1.54) is 18.7 Å². The summed E-state index contributed by atoms with van der Waals surface area (Å²) in [7, 11) is 0. The maximum Gasteiger partial charge on any atom is 0.189 e. The summed E-state index contributed by atoms with van der Waals surface area (Å²) in [5.74, 6) is 0.0943. The predicted octanol–water partition coefficient (Wildman–Crippen LogP) is 5.16. The van der Waals surface area contributed by atoms with Crippen molar-refractivity contribution in [2.45, 2.75) is 25.9 Å². The van der Waals surface area contributed by atoms with Crippen molar-refractivity contribution >= 4 is 50.9 Å². The van der Waals surface area contributed by atoms with Crippen molar-refractivity contribution in [2.75, 3.05) is 5.75 Å². The van der Waals surface area contributed by atoms with Gasteiger partial charge >= 0.3 is 0 Å². The van der Waals surface area contributed by atoms with Crippen molar-refractivity contribution < 1.29 is 9.59 Å². The Labute approximate surface area is 182 Å². The van der Waals surface area contributed by atoms with E-state index in [4.69, 9.17) is 9.97 Å². The number of para-hydroxylation sites is 3. The van der Waals surface area contributed by atoms with Crippen LogP contribution >= 0.6 is 11.8 Å². The summed E-state index contributed by atoms with van der Waals surface area (Å²) in [4.78, 5) is 37.7. The number of fused-ring (bicyclic) bond motifs is 5. The Balaban J connectivity index is 1.58. The second-order valence-electron chi connectivity index (χ2n) is 7.56. The van der Waals surface area contributed by atoms with E-state index in [9.17, 15) is 9.59 Å². The molecule has 5 rings (SSSR count). The number of carbonyl (C=O) groups excluding carboxylic acids is 2. The number of imidazole rings is 1. The van der Waals surface area contributed by atoms with E-state index in [-0.39, 0.29) is 17.3 Å². The molecule has 0 saturated carbocycles. The number of nitrogens with zero attached hydrogens (tertiary/aromatic N) is 3. The third kappa shape index (κ3) is 3.13. The van der Waals surface area contributed by atoms with Gasteiger partial charge in [0.2, 0.25) is 0 Å². The average Bonchev–Trinajstić information content (AvgIpc) is 3.29. The van der Waals surface area contributed by atoms with E-state index >= 15 is 0 Å². The standard InChI is InChI=1S/C24H20N4O2S/c1-13-21(15(3)29)14(2)25-22(13)20(30)12-31-24-27-17-9-5-4-8-16(17)23-26-18-10-6-7-11-19(18)28(23)24/h4-11,25H,12H2,1-3H3. The molecule has 0 fully saturated rings. The Morgan fingerprint density at radius 1 is 1.00 bits per heavy atom. The van der Waals surface area contributed by atoms with Gasteiger partial charge in [0.1, 0.15) is 5.65 Å². The summed E-state index contributed by atoms with van der Waals surface area (Å²) in [5, 5.41) is 1.68. The normalized spacial score (nSPS) is 11.6. The minimum Gasteiger partial charge on any atom is -0.355 e. The van der Waals surface area contributed by atoms with Crippen LogP contribution in [0.1, 0.15) is 39.0 Å². The second kappa shape index (κ2) is 7.35. The smallest absolute Gasteiger partial charge is 0.189 e. The molecule has 0 amide bonds. The topological polar surface area (TPSA) is 80.1 Å². The summed E-state index contributed by atoms with van der Waals surface area (Å²) in [6.07, 6.45) is 0. The van der Waals surface area contributed by atoms with E-state index in [1.807, 2.05) is 66.8 Å². The minimum atomic E-state index is -0.0642. The summed E-state index contributed by atoms with van der Waals surface area (Å²) in [5.41, 5.74) is 6.03. The number of carbonyl (C=O) groups is 2. The van der Waals surface area contributed by atoms with E-state index in [0.29, 0.717) is 22.0 Å². The van der Waals surface area contributed by atoms with Gasteiger partial charge in [0.15, 0.2) is 16.7 Å². The van der Waals surface area contributed by atoms with Gasteiger partial charge in [0.25, 0.3) is 0 Å². The lowest BCUT2D eigenvalue weighted by Gasteiger charge is -2.08. The number of Topliss-reactive ketones (excluding diaryl/α,β-unsaturated/α-hetero) is 2. The van der Waals surface area contributed by atoms with Gasteiger partial charge in [0, 0.05) is 16.6 Å². The fourth-order valence-corrected chi connectivity index (χ4v) is 5.05. The Kier molecular flexibility index (Phi) is 4.63. The molecule has 1 N–H and O–H groups in total. The Bertz CT molecular complexity index is 1510. The lowest BCUT2D eigenvalue weighted by atomic mass is 10.1. The van der Waals surface area contributed by atoms with Crippen molar-refractivity contribution in [3.63, 3.8) is 0 Å². The quantitative estimate of drug-likeness (QED) is 0.238. The van der Waals surface area contributed by atoms with Crippen molar-refractivity contribution in [3.8, 4) is 0 Å². The molecule has 2 aromatic carbocycles. The molecule has 154 valence electrons. The van der Waals surface area contributed by atoms with Crippen LogP contribution < -0.4 is 0 Å². The van der Waals surface area contributed by atoms with Gasteiger partial charge in [0.05, 0.1) is 28.0 Å².